The number of aromatic nitrogens is 3. The number of amides is 1. The van der Waals surface area contributed by atoms with E-state index in [4.69, 9.17) is 11.6 Å². The molecule has 0 unspecified atom stereocenters. The van der Waals surface area contributed by atoms with Crippen molar-refractivity contribution in [1.82, 2.24) is 14.6 Å². The molecule has 27 heavy (non-hydrogen) atoms. The predicted molar refractivity (Wildman–Crippen MR) is 108 cm³/mol. The second-order valence-electron chi connectivity index (χ2n) is 5.91. The summed E-state index contributed by atoms with van der Waals surface area (Å²) in [4.78, 5) is 12.2. The summed E-state index contributed by atoms with van der Waals surface area (Å²) >= 11 is 5.86. The summed E-state index contributed by atoms with van der Waals surface area (Å²) in [5.41, 5.74) is 3.23. The molecule has 0 saturated carbocycles. The standard InChI is InChI=1S/C21H15ClN4O/c22-17-10-7-15(8-11-17)9-12-20(27)23-18-5-3-4-16(14-18)21-25-24-19-6-1-2-13-26(19)21/h1-14H,(H,23,27)/b12-9+. The van der Waals surface area contributed by atoms with Crippen molar-refractivity contribution in [3.05, 3.63) is 89.6 Å². The maximum atomic E-state index is 12.2. The summed E-state index contributed by atoms with van der Waals surface area (Å²) in [7, 11) is 0. The van der Waals surface area contributed by atoms with E-state index in [1.807, 2.05) is 65.2 Å². The Labute approximate surface area is 160 Å². The molecule has 2 aromatic heterocycles. The van der Waals surface area contributed by atoms with Gasteiger partial charge in [-0.15, -0.1) is 10.2 Å². The highest BCUT2D eigenvalue weighted by Crippen LogP contribution is 2.21. The molecule has 4 rings (SSSR count). The lowest BCUT2D eigenvalue weighted by molar-refractivity contribution is -0.111. The van der Waals surface area contributed by atoms with E-state index in [1.165, 1.54) is 6.08 Å². The topological polar surface area (TPSA) is 59.3 Å². The van der Waals surface area contributed by atoms with Crippen LogP contribution in [0.25, 0.3) is 23.1 Å². The smallest absolute Gasteiger partial charge is 0.248 e. The van der Waals surface area contributed by atoms with E-state index >= 15 is 0 Å². The lowest BCUT2D eigenvalue weighted by Crippen LogP contribution is -2.07. The number of hydrogen-bond donors (Lipinski definition) is 1. The molecule has 0 aliphatic heterocycles. The molecular weight excluding hydrogens is 360 g/mol. The van der Waals surface area contributed by atoms with Gasteiger partial charge in [-0.05, 0) is 48.0 Å². The van der Waals surface area contributed by atoms with Crippen molar-refractivity contribution in [2.24, 2.45) is 0 Å². The van der Waals surface area contributed by atoms with Gasteiger partial charge in [0.1, 0.15) is 0 Å². The van der Waals surface area contributed by atoms with Crippen LogP contribution in [0, 0.1) is 0 Å². The summed E-state index contributed by atoms with van der Waals surface area (Å²) in [5, 5.41) is 11.9. The number of anilines is 1. The lowest BCUT2D eigenvalue weighted by atomic mass is 10.2. The van der Waals surface area contributed by atoms with Gasteiger partial charge in [0.05, 0.1) is 0 Å². The molecule has 0 aliphatic rings. The van der Waals surface area contributed by atoms with E-state index in [1.54, 1.807) is 18.2 Å². The van der Waals surface area contributed by atoms with Crippen molar-refractivity contribution in [3.8, 4) is 11.4 Å². The van der Waals surface area contributed by atoms with E-state index in [0.717, 1.165) is 22.6 Å². The van der Waals surface area contributed by atoms with Gasteiger partial charge in [-0.2, -0.15) is 0 Å². The minimum atomic E-state index is -0.215. The number of benzene rings is 2. The minimum Gasteiger partial charge on any atom is -0.322 e. The van der Waals surface area contributed by atoms with Crippen LogP contribution in [-0.2, 0) is 4.79 Å². The summed E-state index contributed by atoms with van der Waals surface area (Å²) in [5.74, 6) is 0.506. The first-order chi connectivity index (χ1) is 13.2. The van der Waals surface area contributed by atoms with E-state index in [9.17, 15) is 4.79 Å². The van der Waals surface area contributed by atoms with Crippen LogP contribution in [0.15, 0.2) is 79.0 Å². The average molecular weight is 375 g/mol. The Bertz CT molecular complexity index is 1130. The fraction of sp³-hybridized carbons (Fsp3) is 0. The number of nitrogens with zero attached hydrogens (tertiary/aromatic N) is 3. The van der Waals surface area contributed by atoms with Gasteiger partial charge >= 0.3 is 0 Å². The number of carbonyl (C=O) groups excluding carboxylic acids is 1. The van der Waals surface area contributed by atoms with Crippen LogP contribution < -0.4 is 5.32 Å². The second-order valence-corrected chi connectivity index (χ2v) is 6.34. The van der Waals surface area contributed by atoms with Crippen molar-refractivity contribution in [2.75, 3.05) is 5.32 Å². The molecule has 0 radical (unpaired) electrons. The molecule has 1 N–H and O–H groups in total. The highest BCUT2D eigenvalue weighted by molar-refractivity contribution is 6.30. The number of nitrogens with one attached hydrogen (secondary N) is 1. The normalized spacial score (nSPS) is 11.1. The second kappa shape index (κ2) is 7.43. The van der Waals surface area contributed by atoms with E-state index < -0.39 is 0 Å². The molecule has 6 heteroatoms. The van der Waals surface area contributed by atoms with Crippen molar-refractivity contribution < 1.29 is 4.79 Å². The van der Waals surface area contributed by atoms with Gasteiger partial charge in [-0.3, -0.25) is 9.20 Å². The Morgan fingerprint density at radius 3 is 2.70 bits per heavy atom. The van der Waals surface area contributed by atoms with Gasteiger partial charge in [0.2, 0.25) is 5.91 Å². The van der Waals surface area contributed by atoms with Crippen LogP contribution in [0.4, 0.5) is 5.69 Å². The third-order valence-electron chi connectivity index (χ3n) is 4.00. The molecule has 0 saturated heterocycles. The van der Waals surface area contributed by atoms with Crippen LogP contribution in [-0.4, -0.2) is 20.5 Å². The largest absolute Gasteiger partial charge is 0.322 e. The van der Waals surface area contributed by atoms with Crippen molar-refractivity contribution in [3.63, 3.8) is 0 Å². The molecule has 2 heterocycles. The first-order valence-electron chi connectivity index (χ1n) is 8.34. The summed E-state index contributed by atoms with van der Waals surface area (Å²) in [6.07, 6.45) is 5.13. The Morgan fingerprint density at radius 1 is 1.00 bits per heavy atom. The zero-order valence-electron chi connectivity index (χ0n) is 14.2. The lowest BCUT2D eigenvalue weighted by Gasteiger charge is -2.05. The van der Waals surface area contributed by atoms with Crippen LogP contribution in [0.1, 0.15) is 5.56 Å². The molecule has 2 aromatic carbocycles. The molecule has 0 atom stereocenters. The van der Waals surface area contributed by atoms with E-state index in [2.05, 4.69) is 15.5 Å². The van der Waals surface area contributed by atoms with Crippen molar-refractivity contribution >= 4 is 34.9 Å². The monoisotopic (exact) mass is 374 g/mol. The molecule has 0 bridgehead atoms. The zero-order chi connectivity index (χ0) is 18.6. The fourth-order valence-electron chi connectivity index (χ4n) is 2.70. The van der Waals surface area contributed by atoms with E-state index in [0.29, 0.717) is 10.7 Å². The zero-order valence-corrected chi connectivity index (χ0v) is 15.0. The van der Waals surface area contributed by atoms with Crippen LogP contribution in [0.2, 0.25) is 5.02 Å². The van der Waals surface area contributed by atoms with Gasteiger partial charge < -0.3 is 5.32 Å². The number of hydrogen-bond acceptors (Lipinski definition) is 3. The Kier molecular flexibility index (Phi) is 4.68. The number of carbonyl (C=O) groups is 1. The minimum absolute atomic E-state index is 0.215. The first-order valence-corrected chi connectivity index (χ1v) is 8.72. The molecule has 0 spiro atoms. The van der Waals surface area contributed by atoms with Crippen molar-refractivity contribution in [1.29, 1.82) is 0 Å². The molecule has 1 amide bonds. The fourth-order valence-corrected chi connectivity index (χ4v) is 2.83. The number of pyridine rings is 1. The summed E-state index contributed by atoms with van der Waals surface area (Å²) < 4.78 is 1.90. The van der Waals surface area contributed by atoms with Crippen LogP contribution in [0.5, 0.6) is 0 Å². The van der Waals surface area contributed by atoms with Gasteiger partial charge in [0, 0.05) is 28.5 Å². The summed E-state index contributed by atoms with van der Waals surface area (Å²) in [6.45, 7) is 0. The molecule has 132 valence electrons. The van der Waals surface area contributed by atoms with Gasteiger partial charge in [-0.1, -0.05) is 41.9 Å². The molecule has 0 fully saturated rings. The number of halogens is 1. The Morgan fingerprint density at radius 2 is 1.85 bits per heavy atom. The highest BCUT2D eigenvalue weighted by atomic mass is 35.5. The third-order valence-corrected chi connectivity index (χ3v) is 4.25. The Balaban J connectivity index is 1.52. The molecule has 5 nitrogen and oxygen atoms in total. The van der Waals surface area contributed by atoms with Crippen molar-refractivity contribution in [2.45, 2.75) is 0 Å². The van der Waals surface area contributed by atoms with Crippen LogP contribution >= 0.6 is 11.6 Å². The third kappa shape index (κ3) is 3.88. The maximum Gasteiger partial charge on any atom is 0.248 e. The maximum absolute atomic E-state index is 12.2. The number of rotatable bonds is 4. The van der Waals surface area contributed by atoms with E-state index in [-0.39, 0.29) is 5.91 Å². The Hall–Kier alpha value is -3.44. The van der Waals surface area contributed by atoms with Gasteiger partial charge in [0.25, 0.3) is 0 Å². The first kappa shape index (κ1) is 17.0. The highest BCUT2D eigenvalue weighted by Gasteiger charge is 2.08. The summed E-state index contributed by atoms with van der Waals surface area (Å²) in [6, 6.07) is 20.5. The molecular formula is C21H15ClN4O. The predicted octanol–water partition coefficient (Wildman–Crippen LogP) is 4.70. The van der Waals surface area contributed by atoms with Crippen LogP contribution in [0.3, 0.4) is 0 Å². The number of fused-ring (bicyclic) bond motifs is 1. The van der Waals surface area contributed by atoms with Gasteiger partial charge in [0.15, 0.2) is 11.5 Å². The molecule has 4 aromatic rings. The average Bonchev–Trinajstić information content (AvgIpc) is 3.12. The molecule has 0 aliphatic carbocycles. The quantitative estimate of drug-likeness (QED) is 0.526. The van der Waals surface area contributed by atoms with Gasteiger partial charge in [-0.25, -0.2) is 0 Å². The SMILES string of the molecule is O=C(/C=C/c1ccc(Cl)cc1)Nc1cccc(-c2nnc3ccccn23)c1.